The van der Waals surface area contributed by atoms with Gasteiger partial charge in [-0.2, -0.15) is 0 Å². The van der Waals surface area contributed by atoms with E-state index in [2.05, 4.69) is 37.6 Å². The van der Waals surface area contributed by atoms with Crippen molar-refractivity contribution in [3.63, 3.8) is 0 Å². The number of hydrogen-bond donors (Lipinski definition) is 4. The van der Waals surface area contributed by atoms with Crippen LogP contribution in [0.1, 0.15) is 39.9 Å². The first-order chi connectivity index (χ1) is 25.9. The first-order valence-corrected chi connectivity index (χ1v) is 17.0. The van der Waals surface area contributed by atoms with Crippen LogP contribution in [-0.4, -0.2) is 61.2 Å². The second-order valence-corrected chi connectivity index (χ2v) is 12.3. The molecule has 2 aromatic heterocycles. The molecule has 6 aromatic rings. The topological polar surface area (TPSA) is 172 Å². The number of aromatic nitrogens is 4. The zero-order chi connectivity index (χ0) is 36.6. The van der Waals surface area contributed by atoms with Gasteiger partial charge < -0.3 is 30.0 Å². The molecule has 0 bridgehead atoms. The Morgan fingerprint density at radius 2 is 1.60 bits per heavy atom. The Hall–Kier alpha value is -7.08. The van der Waals surface area contributed by atoms with Crippen LogP contribution in [0.25, 0.3) is 40.0 Å². The molecule has 0 fully saturated rings. The van der Waals surface area contributed by atoms with Crippen molar-refractivity contribution in [2.45, 2.75) is 25.4 Å². The summed E-state index contributed by atoms with van der Waals surface area (Å²) in [5.41, 5.74) is 7.48. The van der Waals surface area contributed by atoms with Gasteiger partial charge in [-0.3, -0.25) is 4.79 Å². The van der Waals surface area contributed by atoms with Gasteiger partial charge in [0.2, 0.25) is 12.0 Å². The van der Waals surface area contributed by atoms with E-state index in [0.29, 0.717) is 23.8 Å². The zero-order valence-corrected chi connectivity index (χ0v) is 28.4. The summed E-state index contributed by atoms with van der Waals surface area (Å²) >= 11 is 0. The van der Waals surface area contributed by atoms with Crippen molar-refractivity contribution in [3.05, 3.63) is 144 Å². The highest BCUT2D eigenvalue weighted by molar-refractivity contribution is 6.04. The maximum absolute atomic E-state index is 12.5. The number of carbonyl (C=O) groups excluding carboxylic acids is 2. The third-order valence-corrected chi connectivity index (χ3v) is 8.61. The Kier molecular flexibility index (Phi) is 10.3. The predicted octanol–water partition coefficient (Wildman–Crippen LogP) is 6.69. The minimum atomic E-state index is -1.01. The minimum Gasteiger partial charge on any atom is -0.478 e. The van der Waals surface area contributed by atoms with Crippen molar-refractivity contribution in [3.8, 4) is 39.9 Å². The van der Waals surface area contributed by atoms with Crippen LogP contribution in [0.4, 0.5) is 0 Å². The van der Waals surface area contributed by atoms with Crippen LogP contribution in [0.5, 0.6) is 6.01 Å². The summed E-state index contributed by atoms with van der Waals surface area (Å²) in [6, 6.07) is 32.1. The first kappa shape index (κ1) is 34.4. The van der Waals surface area contributed by atoms with Crippen LogP contribution in [0, 0.1) is 0 Å². The van der Waals surface area contributed by atoms with Crippen LogP contribution < -0.4 is 10.1 Å². The van der Waals surface area contributed by atoms with Gasteiger partial charge in [0.1, 0.15) is 5.82 Å². The van der Waals surface area contributed by atoms with Crippen molar-refractivity contribution < 1.29 is 29.1 Å². The highest BCUT2D eigenvalue weighted by Crippen LogP contribution is 2.34. The number of esters is 1. The molecule has 1 aliphatic rings. The number of nitrogens with zero attached hydrogens (tertiary/aromatic N) is 3. The maximum atomic E-state index is 12.5. The molecule has 1 atom stereocenters. The monoisotopic (exact) mass is 706 g/mol. The quantitative estimate of drug-likeness (QED) is 0.0584. The molecule has 0 radical (unpaired) electrons. The number of hydrogen-bond acceptors (Lipinski definition) is 8. The third-order valence-electron chi connectivity index (χ3n) is 8.61. The first-order valence-electron chi connectivity index (χ1n) is 17.0. The van der Waals surface area contributed by atoms with Crippen LogP contribution >= 0.6 is 0 Å². The van der Waals surface area contributed by atoms with Gasteiger partial charge in [-0.1, -0.05) is 96.2 Å². The number of amides is 1. The summed E-state index contributed by atoms with van der Waals surface area (Å²) in [5.74, 6) is -1.19. The zero-order valence-electron chi connectivity index (χ0n) is 28.4. The van der Waals surface area contributed by atoms with E-state index in [1.54, 1.807) is 24.4 Å². The lowest BCUT2D eigenvalue weighted by atomic mass is 10.00. The molecule has 12 nitrogen and oxygen atoms in total. The molecule has 4 aromatic carbocycles. The molecule has 264 valence electrons. The number of carboxylic acid groups (broad SMARTS) is 1. The summed E-state index contributed by atoms with van der Waals surface area (Å²) in [6.45, 7) is 0.589. The summed E-state index contributed by atoms with van der Waals surface area (Å²) in [6.07, 6.45) is 7.44. The number of aromatic amines is 2. The number of benzene rings is 4. The lowest BCUT2D eigenvalue weighted by molar-refractivity contribution is -0.146. The minimum absolute atomic E-state index is 0.0858. The highest BCUT2D eigenvalue weighted by Gasteiger charge is 2.31. The van der Waals surface area contributed by atoms with Crippen molar-refractivity contribution in [1.29, 1.82) is 0 Å². The SMILES string of the molecule is O=C(C=Cc1ccc(-c2[nH]c(-c3ccc(C(=O)O)cc3)nc2-c2ccc(C3=NOC(C(=O)Oc4ncc[nH]4)C3)cc2)cc1)NCCCc1ccccc1. The highest BCUT2D eigenvalue weighted by atomic mass is 16.7. The number of aromatic carboxylic acids is 1. The van der Waals surface area contributed by atoms with E-state index in [4.69, 9.17) is 14.6 Å². The molecule has 0 saturated heterocycles. The molecule has 4 N–H and O–H groups in total. The standard InChI is InChI=1S/C41H34N6O6/c48-35(42-22-4-7-26-5-2-1-3-6-26)21-10-27-8-11-29(12-9-27)36-37(46-38(45-36)31-17-19-32(20-18-31)39(49)50)30-15-13-28(14-16-30)33-25-34(53-47-33)40(51)52-41-43-23-24-44-41/h1-3,5-6,8-21,23-24,34H,4,7,22,25H2,(H,42,48)(H,43,44)(H,45,46)(H,49,50). The lowest BCUT2D eigenvalue weighted by Gasteiger charge is -2.07. The number of imidazole rings is 2. The maximum Gasteiger partial charge on any atom is 0.358 e. The number of carbonyl (C=O) groups is 3. The van der Waals surface area contributed by atoms with Crippen molar-refractivity contribution in [2.75, 3.05) is 6.54 Å². The molecule has 1 unspecified atom stereocenters. The van der Waals surface area contributed by atoms with Crippen LogP contribution in [0.2, 0.25) is 0 Å². The van der Waals surface area contributed by atoms with Gasteiger partial charge in [-0.05, 0) is 47.7 Å². The number of ether oxygens (including phenoxy) is 1. The van der Waals surface area contributed by atoms with E-state index in [1.807, 2.05) is 66.7 Å². The van der Waals surface area contributed by atoms with E-state index >= 15 is 0 Å². The fraction of sp³-hybridized carbons (Fsp3) is 0.122. The van der Waals surface area contributed by atoms with Crippen molar-refractivity contribution in [2.24, 2.45) is 5.16 Å². The Labute approximate surface area is 304 Å². The summed E-state index contributed by atoms with van der Waals surface area (Å²) in [5, 5.41) is 16.4. The molecular weight excluding hydrogens is 672 g/mol. The normalized spacial score (nSPS) is 13.7. The van der Waals surface area contributed by atoms with Gasteiger partial charge in [-0.25, -0.2) is 19.6 Å². The Bertz CT molecular complexity index is 2260. The van der Waals surface area contributed by atoms with Crippen LogP contribution in [0.15, 0.2) is 127 Å². The molecule has 0 spiro atoms. The summed E-state index contributed by atoms with van der Waals surface area (Å²) in [7, 11) is 0. The van der Waals surface area contributed by atoms with E-state index in [0.717, 1.165) is 46.4 Å². The smallest absolute Gasteiger partial charge is 0.358 e. The van der Waals surface area contributed by atoms with E-state index < -0.39 is 18.0 Å². The second-order valence-electron chi connectivity index (χ2n) is 12.3. The van der Waals surface area contributed by atoms with E-state index in [1.165, 1.54) is 30.0 Å². The van der Waals surface area contributed by atoms with Gasteiger partial charge >= 0.3 is 17.9 Å². The number of oxime groups is 1. The van der Waals surface area contributed by atoms with Gasteiger partial charge in [-0.15, -0.1) is 0 Å². The largest absolute Gasteiger partial charge is 0.478 e. The average Bonchev–Trinajstić information content (AvgIpc) is 3.99. The Balaban J connectivity index is 1.06. The van der Waals surface area contributed by atoms with Gasteiger partial charge in [0.05, 0.1) is 22.7 Å². The van der Waals surface area contributed by atoms with Gasteiger partial charge in [0.25, 0.3) is 0 Å². The molecular formula is C41H34N6O6. The third kappa shape index (κ3) is 8.46. The number of carboxylic acids is 1. The lowest BCUT2D eigenvalue weighted by Crippen LogP contribution is -2.26. The predicted molar refractivity (Wildman–Crippen MR) is 199 cm³/mol. The molecule has 1 aliphatic heterocycles. The molecule has 3 heterocycles. The molecule has 12 heteroatoms. The average molecular weight is 707 g/mol. The van der Waals surface area contributed by atoms with E-state index in [-0.39, 0.29) is 23.9 Å². The number of nitrogens with one attached hydrogen (secondary N) is 3. The van der Waals surface area contributed by atoms with Crippen LogP contribution in [-0.2, 0) is 20.8 Å². The van der Waals surface area contributed by atoms with Gasteiger partial charge in [0.15, 0.2) is 0 Å². The number of rotatable bonds is 13. The fourth-order valence-corrected chi connectivity index (χ4v) is 5.80. The second kappa shape index (κ2) is 15.9. The van der Waals surface area contributed by atoms with Crippen molar-refractivity contribution >= 4 is 29.6 Å². The molecule has 7 rings (SSSR count). The number of H-pyrrole nitrogens is 2. The molecule has 1 amide bonds. The molecule has 0 aliphatic carbocycles. The molecule has 53 heavy (non-hydrogen) atoms. The Morgan fingerprint density at radius 3 is 2.32 bits per heavy atom. The fourth-order valence-electron chi connectivity index (χ4n) is 5.80. The van der Waals surface area contributed by atoms with Gasteiger partial charge in [0, 0.05) is 48.1 Å². The number of aryl methyl sites for hydroxylation is 1. The van der Waals surface area contributed by atoms with Crippen LogP contribution in [0.3, 0.4) is 0 Å². The molecule has 0 saturated carbocycles. The van der Waals surface area contributed by atoms with E-state index in [9.17, 15) is 19.5 Å². The van der Waals surface area contributed by atoms with Crippen molar-refractivity contribution in [1.82, 2.24) is 25.3 Å². The Morgan fingerprint density at radius 1 is 0.887 bits per heavy atom. The summed E-state index contributed by atoms with van der Waals surface area (Å²) < 4.78 is 5.21. The summed E-state index contributed by atoms with van der Waals surface area (Å²) in [4.78, 5) is 56.8.